The van der Waals surface area contributed by atoms with Crippen molar-refractivity contribution in [3.8, 4) is 0 Å². The van der Waals surface area contributed by atoms with Gasteiger partial charge in [0.25, 0.3) is 0 Å². The fraction of sp³-hybridized carbons (Fsp3) is 0.556. The Morgan fingerprint density at radius 1 is 1.18 bits per heavy atom. The molecule has 0 radical (unpaired) electrons. The second kappa shape index (κ2) is 6.51. The van der Waals surface area contributed by atoms with Gasteiger partial charge in [0.2, 0.25) is 11.8 Å². The van der Waals surface area contributed by atoms with Gasteiger partial charge in [0.1, 0.15) is 0 Å². The third kappa shape index (κ3) is 3.16. The topological polar surface area (TPSA) is 40.6 Å². The minimum Gasteiger partial charge on any atom is -0.346 e. The van der Waals surface area contributed by atoms with Gasteiger partial charge < -0.3 is 9.80 Å². The molecule has 0 saturated carbocycles. The lowest BCUT2D eigenvalue weighted by Crippen LogP contribution is -2.45. The van der Waals surface area contributed by atoms with Gasteiger partial charge in [-0.3, -0.25) is 9.59 Å². The van der Waals surface area contributed by atoms with Gasteiger partial charge in [-0.2, -0.15) is 0 Å². The second-order valence-corrected chi connectivity index (χ2v) is 6.52. The van der Waals surface area contributed by atoms with E-state index < -0.39 is 0 Å². The summed E-state index contributed by atoms with van der Waals surface area (Å²) in [6.45, 7) is 1.54. The standard InChI is InChI=1S/C18H24N2O2/c1-19-11-9-15(13-17(19)21)18(22)20-10-5-8-16(20)12-14-6-3-2-4-7-14/h2-4,6-7,15-16H,5,8-13H2,1H3/t15-,16+/m0/s1. The molecule has 3 rings (SSSR count). The average molecular weight is 300 g/mol. The third-order valence-electron chi connectivity index (χ3n) is 4.98. The van der Waals surface area contributed by atoms with Gasteiger partial charge in [0.05, 0.1) is 0 Å². The van der Waals surface area contributed by atoms with Crippen LogP contribution in [0.15, 0.2) is 30.3 Å². The predicted octanol–water partition coefficient (Wildman–Crippen LogP) is 2.09. The quantitative estimate of drug-likeness (QED) is 0.857. The largest absolute Gasteiger partial charge is 0.346 e. The number of amides is 2. The van der Waals surface area contributed by atoms with Crippen molar-refractivity contribution in [3.05, 3.63) is 35.9 Å². The van der Waals surface area contributed by atoms with E-state index >= 15 is 0 Å². The maximum absolute atomic E-state index is 12.8. The molecule has 0 spiro atoms. The molecular formula is C18H24N2O2. The van der Waals surface area contributed by atoms with E-state index in [9.17, 15) is 9.59 Å². The molecule has 4 nitrogen and oxygen atoms in total. The van der Waals surface area contributed by atoms with Gasteiger partial charge in [-0.05, 0) is 31.2 Å². The molecule has 118 valence electrons. The SMILES string of the molecule is CN1CC[C@H](C(=O)N2CCC[C@@H]2Cc2ccccc2)CC1=O. The zero-order valence-corrected chi connectivity index (χ0v) is 13.2. The predicted molar refractivity (Wildman–Crippen MR) is 85.2 cm³/mol. The van der Waals surface area contributed by atoms with Crippen molar-refractivity contribution in [1.29, 1.82) is 0 Å². The van der Waals surface area contributed by atoms with Crippen molar-refractivity contribution in [2.75, 3.05) is 20.1 Å². The molecule has 2 saturated heterocycles. The van der Waals surface area contributed by atoms with E-state index in [1.54, 1.807) is 4.90 Å². The van der Waals surface area contributed by atoms with Crippen molar-refractivity contribution in [2.24, 2.45) is 5.92 Å². The van der Waals surface area contributed by atoms with Gasteiger partial charge >= 0.3 is 0 Å². The van der Waals surface area contributed by atoms with Gasteiger partial charge in [0, 0.05) is 38.5 Å². The summed E-state index contributed by atoms with van der Waals surface area (Å²) in [5.74, 6) is 0.184. The number of hydrogen-bond acceptors (Lipinski definition) is 2. The number of carbonyl (C=O) groups excluding carboxylic acids is 2. The molecular weight excluding hydrogens is 276 g/mol. The minimum absolute atomic E-state index is 0.100. The zero-order chi connectivity index (χ0) is 15.5. The molecule has 1 aromatic rings. The number of rotatable bonds is 3. The zero-order valence-electron chi connectivity index (χ0n) is 13.2. The summed E-state index contributed by atoms with van der Waals surface area (Å²) >= 11 is 0. The maximum atomic E-state index is 12.8. The lowest BCUT2D eigenvalue weighted by molar-refractivity contribution is -0.144. The van der Waals surface area contributed by atoms with Gasteiger partial charge in [0.15, 0.2) is 0 Å². The highest BCUT2D eigenvalue weighted by atomic mass is 16.2. The van der Waals surface area contributed by atoms with Crippen LogP contribution in [0.3, 0.4) is 0 Å². The minimum atomic E-state index is -0.111. The summed E-state index contributed by atoms with van der Waals surface area (Å²) in [7, 11) is 1.82. The van der Waals surface area contributed by atoms with Crippen LogP contribution in [0.25, 0.3) is 0 Å². The molecule has 2 fully saturated rings. The number of piperidine rings is 1. The van der Waals surface area contributed by atoms with Crippen LogP contribution in [0.1, 0.15) is 31.2 Å². The first kappa shape index (κ1) is 15.1. The second-order valence-electron chi connectivity index (χ2n) is 6.52. The Balaban J connectivity index is 1.65. The molecule has 2 atom stereocenters. The Morgan fingerprint density at radius 2 is 1.95 bits per heavy atom. The monoisotopic (exact) mass is 300 g/mol. The molecule has 2 aliphatic heterocycles. The first-order valence-corrected chi connectivity index (χ1v) is 8.23. The van der Waals surface area contributed by atoms with Crippen LogP contribution in [0.5, 0.6) is 0 Å². The van der Waals surface area contributed by atoms with Crippen LogP contribution in [0.4, 0.5) is 0 Å². The smallest absolute Gasteiger partial charge is 0.226 e. The summed E-state index contributed by atoms with van der Waals surface area (Å²) < 4.78 is 0. The van der Waals surface area contributed by atoms with Crippen molar-refractivity contribution in [1.82, 2.24) is 9.80 Å². The normalized spacial score (nSPS) is 25.6. The summed E-state index contributed by atoms with van der Waals surface area (Å²) in [6.07, 6.45) is 4.25. The molecule has 0 N–H and O–H groups in total. The molecule has 22 heavy (non-hydrogen) atoms. The van der Waals surface area contributed by atoms with Crippen molar-refractivity contribution < 1.29 is 9.59 Å². The molecule has 1 aromatic carbocycles. The highest BCUT2D eigenvalue weighted by Gasteiger charge is 2.36. The summed E-state index contributed by atoms with van der Waals surface area (Å²) in [6, 6.07) is 10.7. The van der Waals surface area contributed by atoms with Crippen LogP contribution in [0, 0.1) is 5.92 Å². The molecule has 2 aliphatic rings. The van der Waals surface area contributed by atoms with E-state index in [1.807, 2.05) is 30.1 Å². The molecule has 0 unspecified atom stereocenters. The number of hydrogen-bond donors (Lipinski definition) is 0. The van der Waals surface area contributed by atoms with E-state index in [0.29, 0.717) is 19.0 Å². The fourth-order valence-electron chi connectivity index (χ4n) is 3.61. The highest BCUT2D eigenvalue weighted by molar-refractivity contribution is 5.87. The van der Waals surface area contributed by atoms with E-state index in [1.165, 1.54) is 5.56 Å². The average Bonchev–Trinajstić information content (AvgIpc) is 2.98. The summed E-state index contributed by atoms with van der Waals surface area (Å²) in [4.78, 5) is 28.4. The number of carbonyl (C=O) groups is 2. The fourth-order valence-corrected chi connectivity index (χ4v) is 3.61. The molecule has 2 heterocycles. The molecule has 0 aromatic heterocycles. The van der Waals surface area contributed by atoms with E-state index in [2.05, 4.69) is 12.1 Å². The van der Waals surface area contributed by atoms with E-state index in [-0.39, 0.29) is 17.7 Å². The van der Waals surface area contributed by atoms with Crippen LogP contribution in [-0.4, -0.2) is 47.8 Å². The van der Waals surface area contributed by atoms with Gasteiger partial charge in [-0.15, -0.1) is 0 Å². The number of benzene rings is 1. The Bertz CT molecular complexity index is 543. The Labute approximate surface area is 132 Å². The Morgan fingerprint density at radius 3 is 2.68 bits per heavy atom. The van der Waals surface area contributed by atoms with Crippen LogP contribution < -0.4 is 0 Å². The first-order valence-electron chi connectivity index (χ1n) is 8.23. The Kier molecular flexibility index (Phi) is 4.46. The molecule has 0 aliphatic carbocycles. The van der Waals surface area contributed by atoms with Crippen molar-refractivity contribution >= 4 is 11.8 Å². The lowest BCUT2D eigenvalue weighted by Gasteiger charge is -2.33. The third-order valence-corrected chi connectivity index (χ3v) is 4.98. The molecule has 0 bridgehead atoms. The van der Waals surface area contributed by atoms with Crippen LogP contribution >= 0.6 is 0 Å². The van der Waals surface area contributed by atoms with Gasteiger partial charge in [-0.1, -0.05) is 30.3 Å². The summed E-state index contributed by atoms with van der Waals surface area (Å²) in [5.41, 5.74) is 1.28. The van der Waals surface area contributed by atoms with Crippen LogP contribution in [0.2, 0.25) is 0 Å². The first-order chi connectivity index (χ1) is 10.6. The molecule has 2 amide bonds. The summed E-state index contributed by atoms with van der Waals surface area (Å²) in [5, 5.41) is 0. The lowest BCUT2D eigenvalue weighted by atomic mass is 9.94. The van der Waals surface area contributed by atoms with Crippen molar-refractivity contribution in [2.45, 2.75) is 38.1 Å². The van der Waals surface area contributed by atoms with Crippen LogP contribution in [-0.2, 0) is 16.0 Å². The van der Waals surface area contributed by atoms with E-state index in [0.717, 1.165) is 32.2 Å². The maximum Gasteiger partial charge on any atom is 0.226 e. The number of likely N-dealkylation sites (tertiary alicyclic amines) is 2. The number of nitrogens with zero attached hydrogens (tertiary/aromatic N) is 2. The van der Waals surface area contributed by atoms with Gasteiger partial charge in [-0.25, -0.2) is 0 Å². The van der Waals surface area contributed by atoms with E-state index in [4.69, 9.17) is 0 Å². The van der Waals surface area contributed by atoms with Crippen molar-refractivity contribution in [3.63, 3.8) is 0 Å². The molecule has 4 heteroatoms. The highest BCUT2D eigenvalue weighted by Crippen LogP contribution is 2.27. The Hall–Kier alpha value is -1.84.